The van der Waals surface area contributed by atoms with Crippen LogP contribution in [0.5, 0.6) is 0 Å². The van der Waals surface area contributed by atoms with Crippen LogP contribution in [0.3, 0.4) is 0 Å². The van der Waals surface area contributed by atoms with E-state index in [9.17, 15) is 29.1 Å². The maximum atomic E-state index is 14.5. The average Bonchev–Trinajstić information content (AvgIpc) is 3.07. The van der Waals surface area contributed by atoms with Gasteiger partial charge in [0.25, 0.3) is 0 Å². The summed E-state index contributed by atoms with van der Waals surface area (Å²) >= 11 is 0. The van der Waals surface area contributed by atoms with Crippen LogP contribution in [-0.2, 0) is 36.9 Å². The largest absolute Gasteiger partial charge is 0.478 e. The van der Waals surface area contributed by atoms with Crippen molar-refractivity contribution in [3.8, 4) is 0 Å². The highest BCUT2D eigenvalue weighted by Gasteiger charge is 2.44. The summed E-state index contributed by atoms with van der Waals surface area (Å²) < 4.78 is 11.7. The fraction of sp³-hybridized carbons (Fsp3) is 0.564. The van der Waals surface area contributed by atoms with Crippen LogP contribution >= 0.6 is 0 Å². The van der Waals surface area contributed by atoms with Gasteiger partial charge in [-0.05, 0) is 87.6 Å². The summed E-state index contributed by atoms with van der Waals surface area (Å²) in [6.07, 6.45) is 2.32. The van der Waals surface area contributed by atoms with Gasteiger partial charge in [-0.3, -0.25) is 19.3 Å². The van der Waals surface area contributed by atoms with Crippen molar-refractivity contribution in [2.24, 2.45) is 5.41 Å². The molecular formula is C39H54N4O8. The molecule has 51 heavy (non-hydrogen) atoms. The molecule has 0 radical (unpaired) electrons. The van der Waals surface area contributed by atoms with E-state index >= 15 is 0 Å². The molecule has 0 saturated carbocycles. The Balaban J connectivity index is 1.55. The minimum absolute atomic E-state index is 0.179. The number of nitrogens with zero attached hydrogens (tertiary/aromatic N) is 2. The predicted molar refractivity (Wildman–Crippen MR) is 192 cm³/mol. The van der Waals surface area contributed by atoms with Crippen LogP contribution in [0.2, 0.25) is 0 Å². The molecule has 4 rings (SSSR count). The summed E-state index contributed by atoms with van der Waals surface area (Å²) in [6, 6.07) is 11.5. The highest BCUT2D eigenvalue weighted by molar-refractivity contribution is 5.94. The predicted octanol–water partition coefficient (Wildman–Crippen LogP) is 5.24. The molecular weight excluding hydrogens is 652 g/mol. The molecule has 12 nitrogen and oxygen atoms in total. The number of ether oxygens (including phenoxy) is 2. The quantitative estimate of drug-likeness (QED) is 0.303. The molecule has 4 amide bonds. The van der Waals surface area contributed by atoms with Gasteiger partial charge in [0.05, 0.1) is 24.3 Å². The molecule has 1 fully saturated rings. The second kappa shape index (κ2) is 16.3. The van der Waals surface area contributed by atoms with Gasteiger partial charge < -0.3 is 30.1 Å². The Bertz CT molecular complexity index is 1580. The first-order valence-electron chi connectivity index (χ1n) is 17.7. The van der Waals surface area contributed by atoms with Gasteiger partial charge in [0, 0.05) is 20.0 Å². The van der Waals surface area contributed by atoms with Crippen molar-refractivity contribution in [3.05, 3.63) is 70.8 Å². The monoisotopic (exact) mass is 706 g/mol. The molecule has 2 aromatic rings. The van der Waals surface area contributed by atoms with E-state index in [0.29, 0.717) is 6.42 Å². The topological polar surface area (TPSA) is 155 Å². The molecule has 2 aromatic carbocycles. The Morgan fingerprint density at radius 3 is 2.27 bits per heavy atom. The van der Waals surface area contributed by atoms with Crippen LogP contribution in [0.1, 0.15) is 107 Å². The molecule has 1 aliphatic heterocycles. The summed E-state index contributed by atoms with van der Waals surface area (Å²) in [5.41, 5.74) is 1.75. The van der Waals surface area contributed by atoms with Crippen molar-refractivity contribution < 1.29 is 38.6 Å². The lowest BCUT2D eigenvalue weighted by molar-refractivity contribution is -0.151. The van der Waals surface area contributed by atoms with Crippen LogP contribution in [0.4, 0.5) is 4.79 Å². The van der Waals surface area contributed by atoms with E-state index in [0.717, 1.165) is 30.4 Å². The number of rotatable bonds is 10. The standard InChI is InChI=1S/C39H54N4O8/c1-24(42(8)37(49)51-39(5,6)7)33(44)41-32(38(2,3)4)35(46)43-21-20-28(50-23-25-16-18-27(19-17-25)36(47)48)22-31(43)34(45)40-30-15-11-13-26-12-9-10-14-29(26)30/h9-10,12,14,16-19,24,28,30-32H,11,13,15,20-23H2,1-8H3,(H,40,45)(H,41,44)(H,47,48)/t24?,28-,30-,31+,32?/m1/s1. The van der Waals surface area contributed by atoms with Crippen molar-refractivity contribution in [2.75, 3.05) is 13.6 Å². The molecule has 278 valence electrons. The lowest BCUT2D eigenvalue weighted by Gasteiger charge is -2.43. The zero-order chi connectivity index (χ0) is 37.7. The van der Waals surface area contributed by atoms with Gasteiger partial charge in [0.1, 0.15) is 23.7 Å². The number of carbonyl (C=O) groups excluding carboxylic acids is 4. The third kappa shape index (κ3) is 10.3. The molecule has 0 bridgehead atoms. The van der Waals surface area contributed by atoms with Gasteiger partial charge >= 0.3 is 12.1 Å². The number of likely N-dealkylation sites (N-methyl/N-ethyl adjacent to an activating group) is 1. The average molecular weight is 707 g/mol. The SMILES string of the molecule is CC(C(=O)NC(C(=O)N1CC[C@@H](OCc2ccc(C(=O)O)cc2)C[C@H]1C(=O)N[C@@H]1CCCc2ccccc21)C(C)(C)C)N(C)C(=O)OC(C)(C)C. The summed E-state index contributed by atoms with van der Waals surface area (Å²) in [4.78, 5) is 69.0. The molecule has 1 aliphatic carbocycles. The lowest BCUT2D eigenvalue weighted by atomic mass is 9.84. The second-order valence-corrected chi connectivity index (χ2v) is 15.7. The van der Waals surface area contributed by atoms with Crippen molar-refractivity contribution in [1.82, 2.24) is 20.4 Å². The Kier molecular flexibility index (Phi) is 12.5. The van der Waals surface area contributed by atoms with Crippen LogP contribution in [0, 0.1) is 5.41 Å². The first-order chi connectivity index (χ1) is 23.9. The fourth-order valence-corrected chi connectivity index (χ4v) is 6.47. The van der Waals surface area contributed by atoms with Crippen LogP contribution in [0.15, 0.2) is 48.5 Å². The van der Waals surface area contributed by atoms with Gasteiger partial charge in [-0.1, -0.05) is 57.2 Å². The zero-order valence-corrected chi connectivity index (χ0v) is 31.2. The van der Waals surface area contributed by atoms with Gasteiger partial charge in [0.15, 0.2) is 0 Å². The van der Waals surface area contributed by atoms with Crippen molar-refractivity contribution in [1.29, 1.82) is 0 Å². The number of nitrogens with one attached hydrogen (secondary N) is 2. The zero-order valence-electron chi connectivity index (χ0n) is 31.2. The van der Waals surface area contributed by atoms with E-state index in [1.807, 2.05) is 39.0 Å². The van der Waals surface area contributed by atoms with Crippen LogP contribution in [0.25, 0.3) is 0 Å². The van der Waals surface area contributed by atoms with Crippen molar-refractivity contribution >= 4 is 29.8 Å². The Labute approximate surface area is 301 Å². The molecule has 12 heteroatoms. The number of carboxylic acids is 1. The Hall–Kier alpha value is -4.45. The highest BCUT2D eigenvalue weighted by Crippen LogP contribution is 2.32. The van der Waals surface area contributed by atoms with Crippen molar-refractivity contribution in [2.45, 2.75) is 123 Å². The van der Waals surface area contributed by atoms with Gasteiger partial charge in [-0.25, -0.2) is 9.59 Å². The third-order valence-electron chi connectivity index (χ3n) is 9.55. The molecule has 2 aliphatic rings. The summed E-state index contributed by atoms with van der Waals surface area (Å²) in [5.74, 6) is -2.22. The second-order valence-electron chi connectivity index (χ2n) is 15.7. The normalized spacial score (nSPS) is 20.3. The van der Waals surface area contributed by atoms with Crippen LogP contribution in [-0.4, -0.2) is 88.1 Å². The van der Waals surface area contributed by atoms with Crippen molar-refractivity contribution in [3.63, 3.8) is 0 Å². The van der Waals surface area contributed by atoms with E-state index in [1.165, 1.54) is 29.6 Å². The third-order valence-corrected chi connectivity index (χ3v) is 9.55. The number of aryl methyl sites for hydroxylation is 1. The Morgan fingerprint density at radius 2 is 1.65 bits per heavy atom. The Morgan fingerprint density at radius 1 is 0.980 bits per heavy atom. The highest BCUT2D eigenvalue weighted by atomic mass is 16.6. The number of aromatic carboxylic acids is 1. The van der Waals surface area contributed by atoms with Crippen LogP contribution < -0.4 is 10.6 Å². The summed E-state index contributed by atoms with van der Waals surface area (Å²) in [7, 11) is 1.47. The van der Waals surface area contributed by atoms with E-state index in [4.69, 9.17) is 9.47 Å². The van der Waals surface area contributed by atoms with Gasteiger partial charge in [-0.2, -0.15) is 0 Å². The number of likely N-dealkylation sites (tertiary alicyclic amines) is 1. The van der Waals surface area contributed by atoms with Gasteiger partial charge in [0.2, 0.25) is 17.7 Å². The first kappa shape index (κ1) is 39.3. The summed E-state index contributed by atoms with van der Waals surface area (Å²) in [6.45, 7) is 12.8. The van der Waals surface area contributed by atoms with Gasteiger partial charge in [-0.15, -0.1) is 0 Å². The molecule has 0 spiro atoms. The maximum Gasteiger partial charge on any atom is 0.410 e. The number of piperidine rings is 1. The van der Waals surface area contributed by atoms with E-state index in [2.05, 4.69) is 16.7 Å². The lowest BCUT2D eigenvalue weighted by Crippen LogP contribution is -2.63. The van der Waals surface area contributed by atoms with E-state index < -0.39 is 53.0 Å². The molecule has 2 unspecified atom stereocenters. The number of carboxylic acid groups (broad SMARTS) is 1. The number of fused-ring (bicyclic) bond motifs is 1. The number of carbonyl (C=O) groups is 5. The first-order valence-corrected chi connectivity index (χ1v) is 17.7. The molecule has 5 atom stereocenters. The minimum atomic E-state index is -1.01. The molecule has 1 saturated heterocycles. The number of amides is 4. The van der Waals surface area contributed by atoms with E-state index in [1.54, 1.807) is 44.7 Å². The summed E-state index contributed by atoms with van der Waals surface area (Å²) in [5, 5.41) is 15.4. The maximum absolute atomic E-state index is 14.5. The fourth-order valence-electron chi connectivity index (χ4n) is 6.47. The number of hydrogen-bond acceptors (Lipinski definition) is 7. The van der Waals surface area contributed by atoms with E-state index in [-0.39, 0.29) is 43.2 Å². The number of hydrogen-bond donors (Lipinski definition) is 3. The molecule has 0 aromatic heterocycles. The smallest absolute Gasteiger partial charge is 0.410 e. The molecule has 3 N–H and O–H groups in total. The number of benzene rings is 2. The molecule has 1 heterocycles. The minimum Gasteiger partial charge on any atom is -0.478 e.